The number of carbonyl (C=O) groups excluding carboxylic acids is 2. The fourth-order valence-corrected chi connectivity index (χ4v) is 8.56. The van der Waals surface area contributed by atoms with E-state index in [1.807, 2.05) is 18.2 Å². The van der Waals surface area contributed by atoms with E-state index in [0.717, 1.165) is 32.3 Å². The summed E-state index contributed by atoms with van der Waals surface area (Å²) < 4.78 is 26.4. The maximum atomic E-state index is 14.1. The summed E-state index contributed by atoms with van der Waals surface area (Å²) in [7, 11) is 1.49. The molecule has 6 N–H and O–H groups in total. The molecule has 0 spiro atoms. The molecule has 17 heteroatoms. The zero-order chi connectivity index (χ0) is 42.8. The van der Waals surface area contributed by atoms with E-state index >= 15 is 0 Å². The van der Waals surface area contributed by atoms with Crippen LogP contribution in [0, 0.1) is 5.82 Å². The molecule has 0 bridgehead atoms. The van der Waals surface area contributed by atoms with Crippen LogP contribution in [0.25, 0.3) is 21.4 Å². The van der Waals surface area contributed by atoms with Crippen molar-refractivity contribution in [2.45, 2.75) is 31.5 Å². The molecule has 0 unspecified atom stereocenters. The van der Waals surface area contributed by atoms with Gasteiger partial charge in [-0.05, 0) is 66.2 Å². The van der Waals surface area contributed by atoms with Crippen LogP contribution in [0.3, 0.4) is 0 Å². The lowest BCUT2D eigenvalue weighted by Gasteiger charge is -2.40. The molecule has 1 aliphatic rings. The predicted molar refractivity (Wildman–Crippen MR) is 229 cm³/mol. The van der Waals surface area contributed by atoms with E-state index in [4.69, 9.17) is 19.4 Å². The highest BCUT2D eigenvalue weighted by molar-refractivity contribution is 7.18. The molecule has 62 heavy (non-hydrogen) atoms. The lowest BCUT2D eigenvalue weighted by molar-refractivity contribution is 0.0489. The Balaban J connectivity index is 0.828. The third-order valence-electron chi connectivity index (χ3n) is 10.6. The molecular weight excluding hydrogens is 814 g/mol. The van der Waals surface area contributed by atoms with Crippen molar-refractivity contribution in [3.05, 3.63) is 153 Å². The lowest BCUT2D eigenvalue weighted by Crippen LogP contribution is -2.36. The molecule has 0 fully saturated rings. The molecule has 0 radical (unpaired) electrons. The standard InChI is InChI=1S/C45H38FN9O6S/c1-60-45(30-9-7-28(57)19-37(30)61-38-20-29(58)8-10-31(38)45)32-18-26(5-6-27(32)23-56)43(59)50-21-25-4-11-34-35(17-25)54-39(53-34)12-15-47-16-13-40-55-41-42(51-24-52-44(41)62-40)49-22-36-33(46)3-2-14-48-36/h2-11,14,17-20,23-24,47,57-58H,12-13,15-16,21-22H2,1H3,(H,50,59)(H,53,54)(H,49,51,52). The quantitative estimate of drug-likeness (QED) is 0.0470. The van der Waals surface area contributed by atoms with Gasteiger partial charge in [-0.2, -0.15) is 0 Å². The van der Waals surface area contributed by atoms with Crippen LogP contribution < -0.4 is 20.7 Å². The van der Waals surface area contributed by atoms with Crippen molar-refractivity contribution in [3.63, 3.8) is 0 Å². The average molecular weight is 852 g/mol. The minimum atomic E-state index is -1.43. The fourth-order valence-electron chi connectivity index (χ4n) is 7.66. The minimum Gasteiger partial charge on any atom is -0.508 e. The molecule has 0 aliphatic carbocycles. The zero-order valence-electron chi connectivity index (χ0n) is 33.1. The van der Waals surface area contributed by atoms with Crippen molar-refractivity contribution in [2.24, 2.45) is 0 Å². The van der Waals surface area contributed by atoms with E-state index < -0.39 is 5.60 Å². The molecule has 1 aliphatic heterocycles. The van der Waals surface area contributed by atoms with Crippen LogP contribution in [0.2, 0.25) is 0 Å². The third-order valence-corrected chi connectivity index (χ3v) is 11.7. The number of nitrogens with one attached hydrogen (secondary N) is 4. The molecule has 8 aromatic rings. The van der Waals surface area contributed by atoms with E-state index in [0.29, 0.717) is 71.5 Å². The molecule has 0 atom stereocenters. The molecule has 312 valence electrons. The predicted octanol–water partition coefficient (Wildman–Crippen LogP) is 6.68. The number of hydrogen-bond donors (Lipinski definition) is 6. The number of imidazole rings is 1. The van der Waals surface area contributed by atoms with Crippen molar-refractivity contribution < 1.29 is 33.7 Å². The van der Waals surface area contributed by atoms with E-state index in [1.54, 1.807) is 42.6 Å². The Morgan fingerprint density at radius 2 is 1.69 bits per heavy atom. The maximum absolute atomic E-state index is 14.1. The van der Waals surface area contributed by atoms with Crippen molar-refractivity contribution in [2.75, 3.05) is 25.5 Å². The second-order valence-electron chi connectivity index (χ2n) is 14.5. The van der Waals surface area contributed by atoms with Gasteiger partial charge in [-0.1, -0.05) is 23.5 Å². The van der Waals surface area contributed by atoms with Crippen LogP contribution in [0.15, 0.2) is 97.5 Å². The number of nitrogens with zero attached hydrogens (tertiary/aromatic N) is 5. The summed E-state index contributed by atoms with van der Waals surface area (Å²) in [4.78, 5) is 52.6. The molecule has 9 rings (SSSR count). The van der Waals surface area contributed by atoms with Crippen LogP contribution in [0.1, 0.15) is 59.5 Å². The topological polar surface area (TPSA) is 209 Å². The summed E-state index contributed by atoms with van der Waals surface area (Å²) in [5.41, 5.74) is 3.96. The molecule has 15 nitrogen and oxygen atoms in total. The molecular formula is C45H38FN9O6S. The molecule has 4 aromatic heterocycles. The summed E-state index contributed by atoms with van der Waals surface area (Å²) >= 11 is 1.49. The van der Waals surface area contributed by atoms with Gasteiger partial charge in [0.2, 0.25) is 0 Å². The number of ether oxygens (including phenoxy) is 2. The number of phenolic OH excluding ortho intramolecular Hbond substituents is 2. The van der Waals surface area contributed by atoms with Crippen LogP contribution >= 0.6 is 11.3 Å². The Labute approximate surface area is 357 Å². The zero-order valence-corrected chi connectivity index (χ0v) is 33.9. The number of benzene rings is 4. The van der Waals surface area contributed by atoms with Crippen LogP contribution in [-0.2, 0) is 36.3 Å². The second kappa shape index (κ2) is 17.0. The number of rotatable bonds is 15. The first-order valence-electron chi connectivity index (χ1n) is 19.6. The molecule has 0 saturated heterocycles. The van der Waals surface area contributed by atoms with Gasteiger partial charge in [0.05, 0.1) is 28.3 Å². The molecule has 1 amide bonds. The number of fused-ring (bicyclic) bond motifs is 4. The van der Waals surface area contributed by atoms with E-state index in [-0.39, 0.29) is 53.4 Å². The fraction of sp³-hybridized carbons (Fsp3) is 0.178. The summed E-state index contributed by atoms with van der Waals surface area (Å²) in [5, 5.41) is 31.0. The second-order valence-corrected chi connectivity index (χ2v) is 15.6. The number of aldehydes is 1. The number of aromatic amines is 1. The molecule has 4 aromatic carbocycles. The number of hydrogen-bond acceptors (Lipinski definition) is 14. The van der Waals surface area contributed by atoms with E-state index in [9.17, 15) is 24.2 Å². The SMILES string of the molecule is COC1(c2cc(C(=O)NCc3ccc4nc(CCNCCc5nc6c(NCc7ncccc7F)ncnc6s5)[nH]c4c3)ccc2C=O)c2ccc(O)cc2Oc2cc(O)ccc21. The summed E-state index contributed by atoms with van der Waals surface area (Å²) in [5.74, 6) is 1.04. The number of anilines is 1. The lowest BCUT2D eigenvalue weighted by atomic mass is 9.75. The highest BCUT2D eigenvalue weighted by atomic mass is 32.1. The van der Waals surface area contributed by atoms with Crippen molar-refractivity contribution in [1.29, 1.82) is 0 Å². The van der Waals surface area contributed by atoms with Gasteiger partial charge in [0.15, 0.2) is 11.4 Å². The largest absolute Gasteiger partial charge is 0.508 e. The number of thiazole rings is 1. The molecule has 5 heterocycles. The van der Waals surface area contributed by atoms with Crippen molar-refractivity contribution in [1.82, 2.24) is 40.5 Å². The minimum absolute atomic E-state index is 0.0456. The van der Waals surface area contributed by atoms with Gasteiger partial charge in [0.1, 0.15) is 57.6 Å². The van der Waals surface area contributed by atoms with Gasteiger partial charge in [0, 0.05) is 85.7 Å². The van der Waals surface area contributed by atoms with Gasteiger partial charge in [0.25, 0.3) is 5.91 Å². The Morgan fingerprint density at radius 3 is 2.45 bits per heavy atom. The third kappa shape index (κ3) is 7.75. The Morgan fingerprint density at radius 1 is 0.903 bits per heavy atom. The number of pyridine rings is 1. The van der Waals surface area contributed by atoms with Crippen LogP contribution in [0.4, 0.5) is 10.2 Å². The molecule has 0 saturated carbocycles. The van der Waals surface area contributed by atoms with Crippen molar-refractivity contribution in [3.8, 4) is 23.0 Å². The Hall–Kier alpha value is -7.34. The first-order valence-corrected chi connectivity index (χ1v) is 20.4. The van der Waals surface area contributed by atoms with Crippen LogP contribution in [0.5, 0.6) is 23.0 Å². The number of halogens is 1. The monoisotopic (exact) mass is 851 g/mol. The number of H-pyrrole nitrogens is 1. The van der Waals surface area contributed by atoms with E-state index in [2.05, 4.69) is 35.9 Å². The number of aromatic hydroxyl groups is 2. The number of aromatic nitrogens is 6. The van der Waals surface area contributed by atoms with Crippen molar-refractivity contribution >= 4 is 50.7 Å². The first kappa shape index (κ1) is 40.1. The Bertz CT molecular complexity index is 2940. The van der Waals surface area contributed by atoms with Gasteiger partial charge in [-0.25, -0.2) is 24.3 Å². The van der Waals surface area contributed by atoms with Gasteiger partial charge >= 0.3 is 0 Å². The number of amides is 1. The highest BCUT2D eigenvalue weighted by Crippen LogP contribution is 2.54. The summed E-state index contributed by atoms with van der Waals surface area (Å²) in [6.45, 7) is 1.77. The average Bonchev–Trinajstić information content (AvgIpc) is 3.90. The summed E-state index contributed by atoms with van der Waals surface area (Å²) in [6.07, 6.45) is 5.06. The van der Waals surface area contributed by atoms with Gasteiger partial charge in [-0.15, -0.1) is 0 Å². The van der Waals surface area contributed by atoms with Gasteiger partial charge < -0.3 is 40.6 Å². The normalized spacial score (nSPS) is 12.7. The first-order chi connectivity index (χ1) is 30.2. The summed E-state index contributed by atoms with van der Waals surface area (Å²) in [6, 6.07) is 22.6. The Kier molecular flexibility index (Phi) is 11.0. The van der Waals surface area contributed by atoms with Crippen LogP contribution in [-0.4, -0.2) is 72.5 Å². The number of carbonyl (C=O) groups is 2. The number of phenols is 2. The highest BCUT2D eigenvalue weighted by Gasteiger charge is 2.46. The maximum Gasteiger partial charge on any atom is 0.251 e. The van der Waals surface area contributed by atoms with E-state index in [1.165, 1.54) is 55.1 Å². The van der Waals surface area contributed by atoms with Gasteiger partial charge in [-0.3, -0.25) is 14.6 Å². The smallest absolute Gasteiger partial charge is 0.251 e. The number of methoxy groups -OCH3 is 1.